The van der Waals surface area contributed by atoms with E-state index in [4.69, 9.17) is 5.11 Å². The molecule has 9 nitrogen and oxygen atoms in total. The average Bonchev–Trinajstić information content (AvgIpc) is 3.31. The summed E-state index contributed by atoms with van der Waals surface area (Å²) in [5.41, 5.74) is 5.44. The van der Waals surface area contributed by atoms with Crippen LogP contribution < -0.4 is 5.32 Å². The van der Waals surface area contributed by atoms with Crippen molar-refractivity contribution in [3.8, 4) is 22.3 Å². The summed E-state index contributed by atoms with van der Waals surface area (Å²) in [6.07, 6.45) is 1.03. The number of hydrogen-bond donors (Lipinski definition) is 4. The van der Waals surface area contributed by atoms with Crippen LogP contribution in [0.1, 0.15) is 66.7 Å². The van der Waals surface area contributed by atoms with Crippen LogP contribution in [0.25, 0.3) is 22.3 Å². The number of rotatable bonds is 13. The molecule has 1 amide bonds. The highest BCUT2D eigenvalue weighted by Gasteiger charge is 2.30. The Labute approximate surface area is 250 Å². The second kappa shape index (κ2) is 14.2. The molecule has 43 heavy (non-hydrogen) atoms. The number of amides is 1. The highest BCUT2D eigenvalue weighted by Crippen LogP contribution is 2.42. The number of benzene rings is 2. The van der Waals surface area contributed by atoms with Crippen LogP contribution in [-0.4, -0.2) is 53.9 Å². The molecular formula is C33H37FN4O5. The van der Waals surface area contributed by atoms with E-state index in [9.17, 15) is 24.2 Å². The van der Waals surface area contributed by atoms with Crippen LogP contribution in [0.2, 0.25) is 0 Å². The number of aliphatic hydroxyl groups excluding tert-OH is 2. The predicted molar refractivity (Wildman–Crippen MR) is 161 cm³/mol. The van der Waals surface area contributed by atoms with Crippen molar-refractivity contribution in [2.75, 3.05) is 0 Å². The van der Waals surface area contributed by atoms with E-state index in [1.165, 1.54) is 12.1 Å². The molecule has 0 fully saturated rings. The first-order chi connectivity index (χ1) is 20.5. The molecule has 2 heterocycles. The van der Waals surface area contributed by atoms with Crippen molar-refractivity contribution in [1.29, 1.82) is 0 Å². The molecule has 226 valence electrons. The number of aromatic nitrogens is 3. The predicted octanol–water partition coefficient (Wildman–Crippen LogP) is 5.09. The van der Waals surface area contributed by atoms with E-state index in [2.05, 4.69) is 15.3 Å². The zero-order valence-electron chi connectivity index (χ0n) is 24.5. The zero-order valence-corrected chi connectivity index (χ0v) is 24.5. The van der Waals surface area contributed by atoms with Gasteiger partial charge in [0.15, 0.2) is 0 Å². The summed E-state index contributed by atoms with van der Waals surface area (Å²) in [6.45, 7) is 5.91. The lowest BCUT2D eigenvalue weighted by Gasteiger charge is -2.20. The molecule has 2 unspecified atom stereocenters. The van der Waals surface area contributed by atoms with E-state index >= 15 is 0 Å². The molecule has 4 N–H and O–H groups in total. The Bertz CT molecular complexity index is 1540. The number of carbonyl (C=O) groups is 2. The Kier molecular flexibility index (Phi) is 10.4. The lowest BCUT2D eigenvalue weighted by molar-refractivity contribution is -0.139. The number of nitrogens with zero attached hydrogens (tertiary/aromatic N) is 3. The van der Waals surface area contributed by atoms with Gasteiger partial charge >= 0.3 is 5.97 Å². The molecule has 10 heteroatoms. The number of carbonyl (C=O) groups excluding carboxylic acids is 1. The maximum atomic E-state index is 14.1. The van der Waals surface area contributed by atoms with Gasteiger partial charge in [-0.05, 0) is 63.3 Å². The fraction of sp³-hybridized carbons (Fsp3) is 0.333. The summed E-state index contributed by atoms with van der Waals surface area (Å²) in [5, 5.41) is 32.8. The average molecular weight is 589 g/mol. The van der Waals surface area contributed by atoms with E-state index < -0.39 is 30.4 Å². The van der Waals surface area contributed by atoms with Crippen LogP contribution in [0, 0.1) is 12.7 Å². The minimum absolute atomic E-state index is 0.100. The summed E-state index contributed by atoms with van der Waals surface area (Å²) in [7, 11) is 0. The number of aryl methyl sites for hydroxylation is 1. The molecule has 4 aromatic rings. The number of nitrogens with one attached hydrogen (secondary N) is 1. The fourth-order valence-electron chi connectivity index (χ4n) is 5.28. The number of aliphatic hydroxyl groups is 2. The monoisotopic (exact) mass is 588 g/mol. The van der Waals surface area contributed by atoms with Crippen molar-refractivity contribution in [3.63, 3.8) is 0 Å². The summed E-state index contributed by atoms with van der Waals surface area (Å²) in [4.78, 5) is 33.7. The third kappa shape index (κ3) is 7.91. The van der Waals surface area contributed by atoms with Gasteiger partial charge < -0.3 is 25.2 Å². The topological polar surface area (TPSA) is 138 Å². The van der Waals surface area contributed by atoms with Crippen molar-refractivity contribution >= 4 is 11.9 Å². The molecule has 0 spiro atoms. The first kappa shape index (κ1) is 31.5. The molecule has 0 saturated heterocycles. The van der Waals surface area contributed by atoms with Crippen LogP contribution in [0.3, 0.4) is 0 Å². The van der Waals surface area contributed by atoms with Gasteiger partial charge in [0.05, 0.1) is 42.8 Å². The lowest BCUT2D eigenvalue weighted by Crippen LogP contribution is -2.28. The number of halogens is 1. The van der Waals surface area contributed by atoms with Crippen molar-refractivity contribution in [3.05, 3.63) is 95.6 Å². The molecule has 0 saturated carbocycles. The minimum Gasteiger partial charge on any atom is -0.481 e. The van der Waals surface area contributed by atoms with E-state index in [0.29, 0.717) is 28.9 Å². The van der Waals surface area contributed by atoms with Crippen molar-refractivity contribution in [2.45, 2.75) is 71.2 Å². The van der Waals surface area contributed by atoms with E-state index in [1.807, 2.05) is 55.7 Å². The Hall–Kier alpha value is -4.41. The number of hydrogen-bond acceptors (Lipinski definition) is 6. The van der Waals surface area contributed by atoms with Gasteiger partial charge in [0.1, 0.15) is 11.5 Å². The molecular weight excluding hydrogens is 551 g/mol. The zero-order chi connectivity index (χ0) is 31.1. The Balaban J connectivity index is 1.84. The highest BCUT2D eigenvalue weighted by molar-refractivity contribution is 6.05. The van der Waals surface area contributed by atoms with Crippen LogP contribution in [0.4, 0.5) is 4.39 Å². The van der Waals surface area contributed by atoms with Gasteiger partial charge in [-0.3, -0.25) is 19.6 Å². The van der Waals surface area contributed by atoms with Crippen molar-refractivity contribution in [1.82, 2.24) is 19.9 Å². The molecule has 0 aliphatic carbocycles. The second-order valence-electron chi connectivity index (χ2n) is 10.9. The summed E-state index contributed by atoms with van der Waals surface area (Å²) in [5.74, 6) is -1.87. The van der Waals surface area contributed by atoms with E-state index in [0.717, 1.165) is 22.5 Å². The third-order valence-corrected chi connectivity index (χ3v) is 7.17. The first-order valence-electron chi connectivity index (χ1n) is 14.3. The molecule has 0 radical (unpaired) electrons. The second-order valence-corrected chi connectivity index (χ2v) is 10.9. The Morgan fingerprint density at radius 1 is 0.930 bits per heavy atom. The van der Waals surface area contributed by atoms with Gasteiger partial charge in [-0.1, -0.05) is 42.5 Å². The smallest absolute Gasteiger partial charge is 0.305 e. The maximum absolute atomic E-state index is 14.1. The van der Waals surface area contributed by atoms with Gasteiger partial charge in [-0.15, -0.1) is 0 Å². The van der Waals surface area contributed by atoms with Gasteiger partial charge in [0.25, 0.3) is 5.91 Å². The van der Waals surface area contributed by atoms with Crippen LogP contribution in [-0.2, 0) is 17.8 Å². The standard InChI is InChI=1S/C33H37FN4O5/c1-20(2)38-28(14-13-26(39)15-27(40)16-29(41)42)30(23-9-11-24(34)12-10-23)31(22-7-5-4-6-8-22)32(38)33(43)37-19-25-18-35-21(3)17-36-25/h4-12,17-18,20,26-27,39-40H,13-16,19H2,1-3H3,(H,37,43)(H,41,42). The van der Waals surface area contributed by atoms with Gasteiger partial charge in [-0.2, -0.15) is 0 Å². The Morgan fingerprint density at radius 3 is 2.21 bits per heavy atom. The highest BCUT2D eigenvalue weighted by atomic mass is 19.1. The molecule has 4 rings (SSSR count). The largest absolute Gasteiger partial charge is 0.481 e. The Morgan fingerprint density at radius 2 is 1.60 bits per heavy atom. The summed E-state index contributed by atoms with van der Waals surface area (Å²) in [6, 6.07) is 15.4. The third-order valence-electron chi connectivity index (χ3n) is 7.17. The van der Waals surface area contributed by atoms with Gasteiger partial charge in [-0.25, -0.2) is 4.39 Å². The number of carboxylic acids is 1. The SMILES string of the molecule is Cc1cnc(CNC(=O)c2c(-c3ccccc3)c(-c3ccc(F)cc3)c(CCC(O)CC(O)CC(=O)O)n2C(C)C)cn1. The molecule has 0 aliphatic rings. The molecule has 2 atom stereocenters. The molecule has 0 aliphatic heterocycles. The van der Waals surface area contributed by atoms with Crippen LogP contribution in [0.5, 0.6) is 0 Å². The molecule has 2 aromatic carbocycles. The summed E-state index contributed by atoms with van der Waals surface area (Å²) >= 11 is 0. The van der Waals surface area contributed by atoms with Gasteiger partial charge in [0, 0.05) is 29.1 Å². The van der Waals surface area contributed by atoms with Crippen LogP contribution in [0.15, 0.2) is 67.0 Å². The van der Waals surface area contributed by atoms with Gasteiger partial charge in [0.2, 0.25) is 0 Å². The fourth-order valence-corrected chi connectivity index (χ4v) is 5.28. The first-order valence-corrected chi connectivity index (χ1v) is 14.3. The van der Waals surface area contributed by atoms with Crippen LogP contribution >= 0.6 is 0 Å². The quantitative estimate of drug-likeness (QED) is 0.171. The molecule has 0 bridgehead atoms. The van der Waals surface area contributed by atoms with E-state index in [1.54, 1.807) is 24.5 Å². The van der Waals surface area contributed by atoms with E-state index in [-0.39, 0.29) is 31.3 Å². The lowest BCUT2D eigenvalue weighted by atomic mass is 9.92. The van der Waals surface area contributed by atoms with Crippen molar-refractivity contribution < 1.29 is 29.3 Å². The minimum atomic E-state index is -1.19. The number of carboxylic acid groups (broad SMARTS) is 1. The normalized spacial score (nSPS) is 12.7. The van der Waals surface area contributed by atoms with Crippen molar-refractivity contribution in [2.24, 2.45) is 0 Å². The molecule has 2 aromatic heterocycles. The summed E-state index contributed by atoms with van der Waals surface area (Å²) < 4.78 is 16.0. The maximum Gasteiger partial charge on any atom is 0.305 e. The number of aliphatic carboxylic acids is 1.